The first-order valence-corrected chi connectivity index (χ1v) is 8.56. The molecule has 0 saturated carbocycles. The van der Waals surface area contributed by atoms with E-state index < -0.39 is 0 Å². The number of benzene rings is 1. The van der Waals surface area contributed by atoms with Gasteiger partial charge in [-0.25, -0.2) is 4.98 Å². The lowest BCUT2D eigenvalue weighted by molar-refractivity contribution is 0.789. The van der Waals surface area contributed by atoms with Gasteiger partial charge in [-0.2, -0.15) is 0 Å². The van der Waals surface area contributed by atoms with E-state index in [-0.39, 0.29) is 0 Å². The molecule has 2 nitrogen and oxygen atoms in total. The van der Waals surface area contributed by atoms with Crippen molar-refractivity contribution in [2.45, 2.75) is 26.3 Å². The Balaban J connectivity index is 2.13. The molecule has 6 heteroatoms. The zero-order valence-corrected chi connectivity index (χ0v) is 14.7. The van der Waals surface area contributed by atoms with E-state index in [2.05, 4.69) is 29.5 Å². The Morgan fingerprint density at radius 1 is 1.14 bits per heavy atom. The number of thiophene rings is 1. The lowest BCUT2D eigenvalue weighted by Gasteiger charge is -2.06. The molecule has 0 spiro atoms. The summed E-state index contributed by atoms with van der Waals surface area (Å²) in [5, 5.41) is 1.04. The van der Waals surface area contributed by atoms with Crippen LogP contribution in [0.1, 0.15) is 21.1 Å². The van der Waals surface area contributed by atoms with Crippen LogP contribution in [-0.2, 0) is 12.4 Å². The Labute approximate surface area is 142 Å². The quantitative estimate of drug-likeness (QED) is 0.540. The van der Waals surface area contributed by atoms with Crippen LogP contribution in [0.3, 0.4) is 0 Å². The van der Waals surface area contributed by atoms with Crippen LogP contribution in [-0.4, -0.2) is 9.55 Å². The van der Waals surface area contributed by atoms with Crippen LogP contribution < -0.4 is 0 Å². The van der Waals surface area contributed by atoms with Gasteiger partial charge in [-0.05, 0) is 37.6 Å². The summed E-state index contributed by atoms with van der Waals surface area (Å²) in [6.07, 6.45) is 0. The second-order valence-electron chi connectivity index (χ2n) is 4.95. The number of aryl methyl sites for hydroxylation is 2. The van der Waals surface area contributed by atoms with Crippen LogP contribution in [0.25, 0.3) is 11.0 Å². The van der Waals surface area contributed by atoms with Crippen molar-refractivity contribution in [3.63, 3.8) is 0 Å². The van der Waals surface area contributed by atoms with Crippen LogP contribution in [0.15, 0.2) is 18.2 Å². The maximum atomic E-state index is 6.14. The molecule has 2 aromatic heterocycles. The van der Waals surface area contributed by atoms with Crippen molar-refractivity contribution in [3.05, 3.63) is 49.4 Å². The van der Waals surface area contributed by atoms with Crippen LogP contribution >= 0.6 is 46.1 Å². The largest absolute Gasteiger partial charge is 0.322 e. The summed E-state index contributed by atoms with van der Waals surface area (Å²) >= 11 is 20.0. The first kappa shape index (κ1) is 15.2. The molecule has 0 amide bonds. The van der Waals surface area contributed by atoms with Gasteiger partial charge in [-0.3, -0.25) is 0 Å². The molecule has 3 aromatic rings. The van der Waals surface area contributed by atoms with E-state index in [9.17, 15) is 0 Å². The molecule has 0 unspecified atom stereocenters. The molecule has 21 heavy (non-hydrogen) atoms. The molecular weight excluding hydrogens is 347 g/mol. The third kappa shape index (κ3) is 2.80. The minimum atomic E-state index is 0.354. The zero-order valence-electron chi connectivity index (χ0n) is 11.6. The number of alkyl halides is 1. The van der Waals surface area contributed by atoms with Gasteiger partial charge in [0.2, 0.25) is 0 Å². The molecule has 3 rings (SSSR count). The zero-order chi connectivity index (χ0) is 15.1. The topological polar surface area (TPSA) is 17.8 Å². The van der Waals surface area contributed by atoms with E-state index in [1.807, 2.05) is 6.07 Å². The Morgan fingerprint density at radius 2 is 1.86 bits per heavy atom. The fourth-order valence-electron chi connectivity index (χ4n) is 2.33. The lowest BCUT2D eigenvalue weighted by Crippen LogP contribution is -2.02. The van der Waals surface area contributed by atoms with E-state index in [1.165, 1.54) is 15.3 Å². The first-order chi connectivity index (χ1) is 9.99. The number of halogens is 3. The number of rotatable bonds is 3. The van der Waals surface area contributed by atoms with Crippen molar-refractivity contribution in [1.82, 2.24) is 9.55 Å². The summed E-state index contributed by atoms with van der Waals surface area (Å²) in [4.78, 5) is 7.17. The van der Waals surface area contributed by atoms with Crippen molar-refractivity contribution in [2.75, 3.05) is 0 Å². The van der Waals surface area contributed by atoms with Gasteiger partial charge in [0.1, 0.15) is 5.82 Å². The molecule has 0 aliphatic heterocycles. The molecular formula is C15H13Cl3N2S. The summed E-state index contributed by atoms with van der Waals surface area (Å²) in [6.45, 7) is 5.00. The lowest BCUT2D eigenvalue weighted by atomic mass is 10.3. The molecule has 0 aliphatic carbocycles. The third-order valence-electron chi connectivity index (χ3n) is 3.52. The average Bonchev–Trinajstić information content (AvgIpc) is 2.92. The maximum absolute atomic E-state index is 6.14. The van der Waals surface area contributed by atoms with Crippen LogP contribution in [0.4, 0.5) is 0 Å². The molecule has 0 saturated heterocycles. The predicted octanol–water partition coefficient (Wildman–Crippen LogP) is 5.81. The fourth-order valence-corrected chi connectivity index (χ4v) is 3.89. The molecule has 0 aliphatic rings. The van der Waals surface area contributed by atoms with Crippen molar-refractivity contribution < 1.29 is 0 Å². The summed E-state index contributed by atoms with van der Waals surface area (Å²) in [6, 6.07) is 5.85. The Kier molecular flexibility index (Phi) is 4.19. The van der Waals surface area contributed by atoms with Gasteiger partial charge in [0, 0.05) is 9.75 Å². The minimum Gasteiger partial charge on any atom is -0.322 e. The van der Waals surface area contributed by atoms with Crippen molar-refractivity contribution in [1.29, 1.82) is 0 Å². The highest BCUT2D eigenvalue weighted by molar-refractivity contribution is 7.12. The highest BCUT2D eigenvalue weighted by Gasteiger charge is 2.14. The van der Waals surface area contributed by atoms with Crippen LogP contribution in [0.5, 0.6) is 0 Å². The molecule has 0 radical (unpaired) electrons. The SMILES string of the molecule is Cc1cc(Cn2c(CCl)nc3cc(Cl)c(Cl)cc32)sc1C. The normalized spacial score (nSPS) is 11.5. The van der Waals surface area contributed by atoms with E-state index >= 15 is 0 Å². The number of aromatic nitrogens is 2. The monoisotopic (exact) mass is 358 g/mol. The number of hydrogen-bond acceptors (Lipinski definition) is 2. The minimum absolute atomic E-state index is 0.354. The van der Waals surface area contributed by atoms with Crippen molar-refractivity contribution in [2.24, 2.45) is 0 Å². The Morgan fingerprint density at radius 3 is 2.48 bits per heavy atom. The number of hydrogen-bond donors (Lipinski definition) is 0. The highest BCUT2D eigenvalue weighted by Crippen LogP contribution is 2.30. The predicted molar refractivity (Wildman–Crippen MR) is 92.2 cm³/mol. The van der Waals surface area contributed by atoms with Gasteiger partial charge < -0.3 is 4.57 Å². The smallest absolute Gasteiger partial charge is 0.125 e. The summed E-state index contributed by atoms with van der Waals surface area (Å²) in [5.74, 6) is 1.18. The fraction of sp³-hybridized carbons (Fsp3) is 0.267. The van der Waals surface area contributed by atoms with Crippen LogP contribution in [0, 0.1) is 13.8 Å². The molecule has 0 fully saturated rings. The number of fused-ring (bicyclic) bond motifs is 1. The summed E-state index contributed by atoms with van der Waals surface area (Å²) in [7, 11) is 0. The van der Waals surface area contributed by atoms with Gasteiger partial charge in [0.25, 0.3) is 0 Å². The summed E-state index contributed by atoms with van der Waals surface area (Å²) in [5.41, 5.74) is 3.10. The third-order valence-corrected chi connectivity index (χ3v) is 5.62. The first-order valence-electron chi connectivity index (χ1n) is 6.45. The van der Waals surface area contributed by atoms with E-state index in [0.29, 0.717) is 15.9 Å². The van der Waals surface area contributed by atoms with Crippen molar-refractivity contribution >= 4 is 57.2 Å². The second kappa shape index (κ2) is 5.81. The highest BCUT2D eigenvalue weighted by atomic mass is 35.5. The molecule has 0 atom stereocenters. The van der Waals surface area contributed by atoms with Crippen LogP contribution in [0.2, 0.25) is 10.0 Å². The van der Waals surface area contributed by atoms with E-state index in [1.54, 1.807) is 17.4 Å². The van der Waals surface area contributed by atoms with Gasteiger partial charge in [0.05, 0.1) is 33.5 Å². The van der Waals surface area contributed by atoms with Gasteiger partial charge in [0.15, 0.2) is 0 Å². The molecule has 0 N–H and O–H groups in total. The number of nitrogens with zero attached hydrogens (tertiary/aromatic N) is 2. The Bertz CT molecular complexity index is 801. The maximum Gasteiger partial charge on any atom is 0.125 e. The second-order valence-corrected chi connectivity index (χ2v) is 7.38. The average molecular weight is 360 g/mol. The standard InChI is InChI=1S/C15H13Cl3N2S/c1-8-3-10(21-9(8)2)7-20-14-5-12(18)11(17)4-13(14)19-15(20)6-16/h3-5H,6-7H2,1-2H3. The van der Waals surface area contributed by atoms with Gasteiger partial charge in [-0.1, -0.05) is 23.2 Å². The number of imidazole rings is 1. The molecule has 0 bridgehead atoms. The van der Waals surface area contributed by atoms with E-state index in [4.69, 9.17) is 34.8 Å². The Hall–Kier alpha value is -0.740. The van der Waals surface area contributed by atoms with Gasteiger partial charge in [-0.15, -0.1) is 22.9 Å². The van der Waals surface area contributed by atoms with Crippen molar-refractivity contribution in [3.8, 4) is 0 Å². The summed E-state index contributed by atoms with van der Waals surface area (Å²) < 4.78 is 2.11. The molecule has 1 aromatic carbocycles. The molecule has 2 heterocycles. The van der Waals surface area contributed by atoms with E-state index in [0.717, 1.165) is 23.4 Å². The molecule has 110 valence electrons. The van der Waals surface area contributed by atoms with Gasteiger partial charge >= 0.3 is 0 Å².